The van der Waals surface area contributed by atoms with Gasteiger partial charge < -0.3 is 9.13 Å². The van der Waals surface area contributed by atoms with E-state index in [9.17, 15) is 16.8 Å². The van der Waals surface area contributed by atoms with Crippen molar-refractivity contribution in [2.75, 3.05) is 11.5 Å². The molecule has 2 heterocycles. The highest BCUT2D eigenvalue weighted by Crippen LogP contribution is 2.03. The zero-order chi connectivity index (χ0) is 20.1. The van der Waals surface area contributed by atoms with Gasteiger partial charge in [0.25, 0.3) is 20.2 Å². The molecule has 10 nitrogen and oxygen atoms in total. The van der Waals surface area contributed by atoms with Crippen LogP contribution in [0.1, 0.15) is 25.7 Å². The Morgan fingerprint density at radius 3 is 1.23 bits per heavy atom. The molecule has 0 fully saturated rings. The minimum atomic E-state index is -3.91. The van der Waals surface area contributed by atoms with Crippen molar-refractivity contribution in [2.45, 2.75) is 25.7 Å². The molecule has 0 saturated carbocycles. The lowest BCUT2D eigenvalue weighted by Crippen LogP contribution is -2.05. The first-order valence-electron chi connectivity index (χ1n) is 7.74. The predicted octanol–water partition coefficient (Wildman–Crippen LogP) is 1.16. The molecule has 150 valence electrons. The maximum atomic E-state index is 10.2. The molecule has 0 bridgehead atoms. The van der Waals surface area contributed by atoms with E-state index in [2.05, 4.69) is 9.97 Å². The highest BCUT2D eigenvalue weighted by molar-refractivity contribution is 7.86. The first-order chi connectivity index (χ1) is 12.0. The molecule has 12 heteroatoms. The Balaban J connectivity index is 0.000000421. The van der Waals surface area contributed by atoms with Gasteiger partial charge in [0.15, 0.2) is 0 Å². The number of imidazole rings is 2. The monoisotopic (exact) mass is 410 g/mol. The molecular weight excluding hydrogens is 384 g/mol. The molecular formula is C14H26N4O6S2. The lowest BCUT2D eigenvalue weighted by atomic mass is 10.2. The molecule has 2 rings (SSSR count). The molecule has 26 heavy (non-hydrogen) atoms. The summed E-state index contributed by atoms with van der Waals surface area (Å²) >= 11 is 0. The van der Waals surface area contributed by atoms with E-state index in [1.54, 1.807) is 25.0 Å². The van der Waals surface area contributed by atoms with Crippen molar-refractivity contribution in [1.29, 1.82) is 0 Å². The average Bonchev–Trinajstić information content (AvgIpc) is 3.15. The van der Waals surface area contributed by atoms with Crippen molar-refractivity contribution in [3.05, 3.63) is 37.4 Å². The van der Waals surface area contributed by atoms with E-state index in [1.807, 2.05) is 35.6 Å². The fraction of sp³-hybridized carbons (Fsp3) is 0.571. The van der Waals surface area contributed by atoms with Crippen LogP contribution in [0.2, 0.25) is 0 Å². The van der Waals surface area contributed by atoms with Crippen molar-refractivity contribution < 1.29 is 25.9 Å². The Bertz CT molecular complexity index is 703. The van der Waals surface area contributed by atoms with Crippen LogP contribution in [0.25, 0.3) is 0 Å². The lowest BCUT2D eigenvalue weighted by Gasteiger charge is -1.98. The number of hydrogen-bond acceptors (Lipinski definition) is 6. The number of unbranched alkanes of at least 4 members (excludes halogenated alkanes) is 3. The number of hydrogen-bond donors (Lipinski definition) is 2. The van der Waals surface area contributed by atoms with E-state index in [0.29, 0.717) is 25.7 Å². The minimum Gasteiger partial charge on any atom is -0.341 e. The van der Waals surface area contributed by atoms with Gasteiger partial charge in [-0.2, -0.15) is 16.8 Å². The largest absolute Gasteiger partial charge is 0.341 e. The highest BCUT2D eigenvalue weighted by atomic mass is 32.2. The summed E-state index contributed by atoms with van der Waals surface area (Å²) in [6, 6.07) is 0. The standard InChI is InChI=1S/C6H14O6S2.2C4H6N2/c7-13(8,9)5-3-1-2-4-6-14(10,11)12;2*1-6-3-2-5-4-6/h1-6H2,(H,7,8,9)(H,10,11,12);2*2-4H,1H3. The van der Waals surface area contributed by atoms with Crippen molar-refractivity contribution in [3.63, 3.8) is 0 Å². The summed E-state index contributed by atoms with van der Waals surface area (Å²) in [6.45, 7) is 0. The Kier molecular flexibility index (Phi) is 11.7. The van der Waals surface area contributed by atoms with Crippen molar-refractivity contribution in [2.24, 2.45) is 14.1 Å². The molecule has 0 amide bonds. The summed E-state index contributed by atoms with van der Waals surface area (Å²) in [5.41, 5.74) is 0. The maximum Gasteiger partial charge on any atom is 0.264 e. The normalized spacial score (nSPS) is 11.1. The molecule has 0 saturated heterocycles. The van der Waals surface area contributed by atoms with E-state index in [0.717, 1.165) is 0 Å². The Hall–Kier alpha value is -1.76. The van der Waals surface area contributed by atoms with E-state index in [1.165, 1.54) is 0 Å². The van der Waals surface area contributed by atoms with Crippen molar-refractivity contribution in [1.82, 2.24) is 19.1 Å². The van der Waals surface area contributed by atoms with Crippen LogP contribution < -0.4 is 0 Å². The zero-order valence-corrected chi connectivity index (χ0v) is 16.5. The third-order valence-electron chi connectivity index (χ3n) is 2.83. The van der Waals surface area contributed by atoms with Crippen LogP contribution in [-0.4, -0.2) is 56.5 Å². The van der Waals surface area contributed by atoms with Gasteiger partial charge in [0.1, 0.15) is 0 Å². The second-order valence-corrected chi connectivity index (χ2v) is 8.59. The van der Waals surface area contributed by atoms with Gasteiger partial charge in [-0.15, -0.1) is 0 Å². The van der Waals surface area contributed by atoms with Gasteiger partial charge in [0.2, 0.25) is 0 Å². The maximum absolute atomic E-state index is 10.2. The number of aromatic nitrogens is 4. The summed E-state index contributed by atoms with van der Waals surface area (Å²) in [6.07, 6.45) is 12.4. The quantitative estimate of drug-likeness (QED) is 0.511. The minimum absolute atomic E-state index is 0.296. The fourth-order valence-electron chi connectivity index (χ4n) is 1.57. The molecule has 2 aromatic rings. The second kappa shape index (κ2) is 12.6. The lowest BCUT2D eigenvalue weighted by molar-refractivity contribution is 0.473. The van der Waals surface area contributed by atoms with Crippen LogP contribution in [-0.2, 0) is 34.3 Å². The summed E-state index contributed by atoms with van der Waals surface area (Å²) in [5.74, 6) is -0.613. The predicted molar refractivity (Wildman–Crippen MR) is 97.7 cm³/mol. The van der Waals surface area contributed by atoms with Crippen molar-refractivity contribution in [3.8, 4) is 0 Å². The van der Waals surface area contributed by atoms with E-state index < -0.39 is 20.2 Å². The smallest absolute Gasteiger partial charge is 0.264 e. The van der Waals surface area contributed by atoms with Gasteiger partial charge in [-0.3, -0.25) is 9.11 Å². The van der Waals surface area contributed by atoms with Crippen LogP contribution in [0, 0.1) is 0 Å². The third-order valence-corrected chi connectivity index (χ3v) is 4.44. The SMILES string of the molecule is Cn1ccnc1.Cn1ccnc1.O=S(=O)(O)CCCCCCS(=O)(=O)O. The number of aryl methyl sites for hydroxylation is 2. The van der Waals surface area contributed by atoms with E-state index >= 15 is 0 Å². The summed E-state index contributed by atoms with van der Waals surface area (Å²) in [7, 11) is -3.94. The van der Waals surface area contributed by atoms with Gasteiger partial charge >= 0.3 is 0 Å². The van der Waals surface area contributed by atoms with Crippen LogP contribution in [0.15, 0.2) is 37.4 Å². The summed E-state index contributed by atoms with van der Waals surface area (Å²) in [5, 5.41) is 0. The van der Waals surface area contributed by atoms with E-state index in [4.69, 9.17) is 9.11 Å². The highest BCUT2D eigenvalue weighted by Gasteiger charge is 2.05. The molecule has 0 radical (unpaired) electrons. The van der Waals surface area contributed by atoms with Gasteiger partial charge in [0, 0.05) is 38.9 Å². The van der Waals surface area contributed by atoms with Crippen LogP contribution in [0.3, 0.4) is 0 Å². The number of nitrogens with zero attached hydrogens (tertiary/aromatic N) is 4. The fourth-order valence-corrected chi connectivity index (χ4v) is 2.71. The first-order valence-corrected chi connectivity index (χ1v) is 11.0. The molecule has 0 aromatic carbocycles. The topological polar surface area (TPSA) is 144 Å². The van der Waals surface area contributed by atoms with Crippen LogP contribution >= 0.6 is 0 Å². The average molecular weight is 411 g/mol. The summed E-state index contributed by atoms with van der Waals surface area (Å²) in [4.78, 5) is 7.57. The van der Waals surface area contributed by atoms with Gasteiger partial charge in [-0.25, -0.2) is 9.97 Å². The number of rotatable bonds is 7. The second-order valence-electron chi connectivity index (χ2n) is 5.44. The van der Waals surface area contributed by atoms with Gasteiger partial charge in [-0.1, -0.05) is 12.8 Å². The van der Waals surface area contributed by atoms with Crippen LogP contribution in [0.5, 0.6) is 0 Å². The molecule has 0 aliphatic heterocycles. The van der Waals surface area contributed by atoms with Crippen molar-refractivity contribution >= 4 is 20.2 Å². The molecule has 2 aromatic heterocycles. The molecule has 0 unspecified atom stereocenters. The Morgan fingerprint density at radius 2 is 1.08 bits per heavy atom. The molecule has 2 N–H and O–H groups in total. The molecule has 0 spiro atoms. The van der Waals surface area contributed by atoms with E-state index in [-0.39, 0.29) is 11.5 Å². The third kappa shape index (κ3) is 18.6. The molecule has 0 aliphatic rings. The first kappa shape index (κ1) is 24.2. The zero-order valence-electron chi connectivity index (χ0n) is 14.8. The van der Waals surface area contributed by atoms with Crippen LogP contribution in [0.4, 0.5) is 0 Å². The van der Waals surface area contributed by atoms with Gasteiger partial charge in [0.05, 0.1) is 24.2 Å². The Morgan fingerprint density at radius 1 is 0.731 bits per heavy atom. The summed E-state index contributed by atoms with van der Waals surface area (Å²) < 4.78 is 61.4. The Labute approximate surface area is 154 Å². The molecule has 0 aliphatic carbocycles. The van der Waals surface area contributed by atoms with Gasteiger partial charge in [-0.05, 0) is 12.8 Å². The molecule has 0 atom stereocenters.